The van der Waals surface area contributed by atoms with Crippen LogP contribution in [0.25, 0.3) is 0 Å². The summed E-state index contributed by atoms with van der Waals surface area (Å²) in [5, 5.41) is 10.8. The van der Waals surface area contributed by atoms with Crippen LogP contribution in [-0.4, -0.2) is 16.1 Å². The molecule has 0 saturated heterocycles. The highest BCUT2D eigenvalue weighted by molar-refractivity contribution is 9.12. The molecule has 0 heterocycles. The SMILES string of the molecule is [O]C(=O)CCCC(Br)CBr. The number of hydrogen-bond acceptors (Lipinski definition) is 1. The van der Waals surface area contributed by atoms with Gasteiger partial charge in [0, 0.05) is 10.2 Å². The topological polar surface area (TPSA) is 37.0 Å². The number of alkyl halides is 2. The van der Waals surface area contributed by atoms with Crippen molar-refractivity contribution in [2.45, 2.75) is 24.1 Å². The first-order valence-corrected chi connectivity index (χ1v) is 5.10. The second-order valence-corrected chi connectivity index (χ2v) is 3.96. The zero-order chi connectivity index (χ0) is 7.98. The van der Waals surface area contributed by atoms with Crippen LogP contribution in [0.15, 0.2) is 0 Å². The first-order chi connectivity index (χ1) is 4.66. The Balaban J connectivity index is 3.11. The maximum atomic E-state index is 9.93. The van der Waals surface area contributed by atoms with E-state index in [1.165, 1.54) is 0 Å². The molecule has 0 aromatic rings. The minimum absolute atomic E-state index is 0.162. The van der Waals surface area contributed by atoms with Crippen molar-refractivity contribution in [1.29, 1.82) is 0 Å². The molecule has 0 saturated carbocycles. The molecule has 2 nitrogen and oxygen atoms in total. The van der Waals surface area contributed by atoms with Gasteiger partial charge in [0.25, 0.3) is 0 Å². The number of halogens is 2. The molecule has 0 aliphatic heterocycles. The van der Waals surface area contributed by atoms with Crippen molar-refractivity contribution in [3.05, 3.63) is 0 Å². The van der Waals surface area contributed by atoms with Crippen molar-refractivity contribution >= 4 is 37.8 Å². The van der Waals surface area contributed by atoms with Crippen molar-refractivity contribution in [3.63, 3.8) is 0 Å². The lowest BCUT2D eigenvalue weighted by Crippen LogP contribution is -2.00. The van der Waals surface area contributed by atoms with Crippen LogP contribution in [0.4, 0.5) is 0 Å². The molecule has 4 heteroatoms. The molecule has 0 amide bonds. The van der Waals surface area contributed by atoms with E-state index in [1.807, 2.05) is 0 Å². The summed E-state index contributed by atoms with van der Waals surface area (Å²) in [7, 11) is 0. The van der Waals surface area contributed by atoms with Gasteiger partial charge in [-0.05, 0) is 12.8 Å². The lowest BCUT2D eigenvalue weighted by Gasteiger charge is -2.01. The van der Waals surface area contributed by atoms with Crippen LogP contribution in [0, 0.1) is 0 Å². The molecule has 0 N–H and O–H groups in total. The van der Waals surface area contributed by atoms with Crippen LogP contribution in [0.5, 0.6) is 0 Å². The van der Waals surface area contributed by atoms with Gasteiger partial charge >= 0.3 is 5.97 Å². The van der Waals surface area contributed by atoms with Crippen LogP contribution in [0.2, 0.25) is 0 Å². The van der Waals surface area contributed by atoms with Gasteiger partial charge < -0.3 is 0 Å². The van der Waals surface area contributed by atoms with Gasteiger partial charge in [-0.1, -0.05) is 31.9 Å². The summed E-state index contributed by atoms with van der Waals surface area (Å²) >= 11 is 6.64. The molecule has 0 rings (SSSR count). The molecule has 1 radical (unpaired) electrons. The summed E-state index contributed by atoms with van der Waals surface area (Å²) in [5.41, 5.74) is 0. The third-order valence-corrected chi connectivity index (χ3v) is 3.50. The van der Waals surface area contributed by atoms with Crippen molar-refractivity contribution in [3.8, 4) is 0 Å². The molecule has 0 bridgehead atoms. The zero-order valence-electron chi connectivity index (χ0n) is 5.48. The number of hydrogen-bond donors (Lipinski definition) is 0. The molecule has 1 atom stereocenters. The molecule has 0 spiro atoms. The normalized spacial score (nSPS) is 13.0. The predicted molar refractivity (Wildman–Crippen MR) is 46.1 cm³/mol. The van der Waals surface area contributed by atoms with Crippen molar-refractivity contribution in [2.75, 3.05) is 5.33 Å². The monoisotopic (exact) mass is 271 g/mol. The first kappa shape index (κ1) is 10.4. The molecule has 0 aromatic heterocycles. The van der Waals surface area contributed by atoms with E-state index in [2.05, 4.69) is 31.9 Å². The summed E-state index contributed by atoms with van der Waals surface area (Å²) in [6.07, 6.45) is 1.72. The lowest BCUT2D eigenvalue weighted by molar-refractivity contribution is -0.143. The largest absolute Gasteiger partial charge is 0.355 e. The van der Waals surface area contributed by atoms with Crippen LogP contribution in [-0.2, 0) is 9.90 Å². The predicted octanol–water partition coefficient (Wildman–Crippen LogP) is 2.27. The van der Waals surface area contributed by atoms with E-state index in [1.54, 1.807) is 0 Å². The Morgan fingerprint density at radius 1 is 1.50 bits per heavy atom. The average Bonchev–Trinajstić information content (AvgIpc) is 1.87. The number of rotatable bonds is 5. The van der Waals surface area contributed by atoms with E-state index in [0.29, 0.717) is 11.2 Å². The Hall–Kier alpha value is 0.430. The Labute approximate surface area is 77.3 Å². The Kier molecular flexibility index (Phi) is 6.43. The Bertz CT molecular complexity index is 106. The van der Waals surface area contributed by atoms with Crippen LogP contribution < -0.4 is 0 Å². The maximum absolute atomic E-state index is 9.93. The number of carbonyl (C=O) groups is 1. The highest BCUT2D eigenvalue weighted by Gasteiger charge is 2.04. The summed E-state index contributed by atoms with van der Waals surface area (Å²) in [6, 6.07) is 0. The van der Waals surface area contributed by atoms with Crippen molar-refractivity contribution < 1.29 is 9.90 Å². The molecule has 0 aromatic carbocycles. The Morgan fingerprint density at radius 2 is 2.10 bits per heavy atom. The summed E-state index contributed by atoms with van der Waals surface area (Å²) in [4.78, 5) is 10.3. The van der Waals surface area contributed by atoms with Gasteiger partial charge in [-0.3, -0.25) is 0 Å². The first-order valence-electron chi connectivity index (χ1n) is 3.06. The molecule has 1 unspecified atom stereocenters. The van der Waals surface area contributed by atoms with Crippen LogP contribution in [0.1, 0.15) is 19.3 Å². The summed E-state index contributed by atoms with van der Waals surface area (Å²) in [6.45, 7) is 0. The summed E-state index contributed by atoms with van der Waals surface area (Å²) in [5.74, 6) is -0.964. The lowest BCUT2D eigenvalue weighted by atomic mass is 10.2. The second kappa shape index (κ2) is 6.16. The highest BCUT2D eigenvalue weighted by atomic mass is 79.9. The van der Waals surface area contributed by atoms with Crippen LogP contribution in [0.3, 0.4) is 0 Å². The van der Waals surface area contributed by atoms with Crippen LogP contribution >= 0.6 is 31.9 Å². The molecular weight excluding hydrogens is 264 g/mol. The third-order valence-electron chi connectivity index (χ3n) is 1.07. The van der Waals surface area contributed by atoms with Gasteiger partial charge in [0.05, 0.1) is 6.42 Å². The average molecular weight is 273 g/mol. The number of carbonyl (C=O) groups excluding carboxylic acids is 1. The quantitative estimate of drug-likeness (QED) is 0.708. The van der Waals surface area contributed by atoms with E-state index in [-0.39, 0.29) is 6.42 Å². The Morgan fingerprint density at radius 3 is 2.50 bits per heavy atom. The van der Waals surface area contributed by atoms with Crippen molar-refractivity contribution in [2.24, 2.45) is 0 Å². The van der Waals surface area contributed by atoms with Crippen molar-refractivity contribution in [1.82, 2.24) is 0 Å². The maximum Gasteiger partial charge on any atom is 0.355 e. The van der Waals surface area contributed by atoms with E-state index in [4.69, 9.17) is 0 Å². The third kappa shape index (κ3) is 6.55. The van der Waals surface area contributed by atoms with E-state index in [0.717, 1.165) is 11.8 Å². The highest BCUT2D eigenvalue weighted by Crippen LogP contribution is 2.11. The van der Waals surface area contributed by atoms with Gasteiger partial charge in [-0.2, -0.15) is 0 Å². The van der Waals surface area contributed by atoms with Gasteiger partial charge in [-0.15, -0.1) is 0 Å². The fourth-order valence-corrected chi connectivity index (χ4v) is 1.19. The van der Waals surface area contributed by atoms with E-state index < -0.39 is 5.97 Å². The molecule has 10 heavy (non-hydrogen) atoms. The standard InChI is InChI=1S/C6H9Br2O2/c7-4-5(8)2-1-3-6(9)10/h5H,1-4H2. The van der Waals surface area contributed by atoms with Gasteiger partial charge in [0.1, 0.15) is 0 Å². The van der Waals surface area contributed by atoms with E-state index in [9.17, 15) is 9.90 Å². The fourth-order valence-electron chi connectivity index (χ4n) is 0.545. The van der Waals surface area contributed by atoms with Gasteiger partial charge in [0.15, 0.2) is 0 Å². The van der Waals surface area contributed by atoms with Gasteiger partial charge in [0.2, 0.25) is 0 Å². The second-order valence-electron chi connectivity index (χ2n) is 2.02. The molecule has 0 aliphatic rings. The zero-order valence-corrected chi connectivity index (χ0v) is 8.65. The molecule has 59 valence electrons. The minimum Gasteiger partial charge on any atom is -0.247 e. The smallest absolute Gasteiger partial charge is 0.247 e. The van der Waals surface area contributed by atoms with Gasteiger partial charge in [-0.25, -0.2) is 9.90 Å². The molecule has 0 fully saturated rings. The fraction of sp³-hybridized carbons (Fsp3) is 0.833. The van der Waals surface area contributed by atoms with E-state index >= 15 is 0 Å². The summed E-state index contributed by atoms with van der Waals surface area (Å²) < 4.78 is 0. The minimum atomic E-state index is -0.964. The molecular formula is C6H9Br2O2. The molecule has 0 aliphatic carbocycles.